The molecule has 6 heterocycles. The van der Waals surface area contributed by atoms with Crippen LogP contribution >= 0.6 is 68.0 Å². The number of thiazole rings is 6. The standard InChI is InChI=1S/C20H22N2OS2.C17H17N3OS2.C14H10N2O2S2/c1-13(2)12-17-18(22-20(25-17)19-21-10-11-24-19)16(23)9-8-15-6-4-14(3)5-7-15;1-11(2)10-13-14(15(21)19-12-6-4-3-5-7-12)20-17(23-13)16-18-8-9-22-16;17-14(18)11-10(8-9-4-2-1-3-5-9)20-13(16-11)12-15-6-7-19-12/h4-7,10-11,13H,8-9,12H2,1-3H3;3-9,11H,10H2,1-2H3,(H,19,21);1-7H,8H2,(H,17,18). The number of ketones is 1. The van der Waals surface area contributed by atoms with E-state index < -0.39 is 5.97 Å². The monoisotopic (exact) mass is 1020 g/mol. The SMILES string of the molecule is CC(C)Cc1sc(-c2nccs2)nc1C(=O)Nc1ccccc1.Cc1ccc(CCC(=O)c2nc(-c3nccs3)sc2CC(C)C)cc1.O=C(O)c1nc(-c2nccs2)sc1Cc1ccccc1. The number of anilines is 1. The Hall–Kier alpha value is -5.95. The Balaban J connectivity index is 0.000000152. The van der Waals surface area contributed by atoms with Crippen LogP contribution in [0.1, 0.15) is 96.9 Å². The summed E-state index contributed by atoms with van der Waals surface area (Å²) in [4.78, 5) is 65.8. The fourth-order valence-electron chi connectivity index (χ4n) is 6.64. The molecule has 0 radical (unpaired) electrons. The van der Waals surface area contributed by atoms with Crippen molar-refractivity contribution in [2.45, 2.75) is 66.7 Å². The number of rotatable bonds is 16. The van der Waals surface area contributed by atoms with Crippen molar-refractivity contribution in [3.8, 4) is 30.0 Å². The summed E-state index contributed by atoms with van der Waals surface area (Å²) in [6.07, 6.45) is 8.77. The lowest BCUT2D eigenvalue weighted by Crippen LogP contribution is -2.14. The molecule has 0 unspecified atom stereocenters. The molecule has 0 saturated heterocycles. The Morgan fingerprint density at radius 1 is 0.559 bits per heavy atom. The summed E-state index contributed by atoms with van der Waals surface area (Å²) in [5.74, 6) is -0.0627. The van der Waals surface area contributed by atoms with Gasteiger partial charge in [0, 0.05) is 67.9 Å². The van der Waals surface area contributed by atoms with Crippen molar-refractivity contribution in [3.63, 3.8) is 0 Å². The van der Waals surface area contributed by atoms with E-state index in [1.807, 2.05) is 76.8 Å². The van der Waals surface area contributed by atoms with Gasteiger partial charge >= 0.3 is 5.97 Å². The fraction of sp³-hybridized carbons (Fsp3) is 0.235. The van der Waals surface area contributed by atoms with Gasteiger partial charge in [-0.05, 0) is 61.3 Å². The van der Waals surface area contributed by atoms with Crippen molar-refractivity contribution < 1.29 is 19.5 Å². The van der Waals surface area contributed by atoms with Crippen LogP contribution in [-0.4, -0.2) is 52.7 Å². The maximum absolute atomic E-state index is 12.8. The summed E-state index contributed by atoms with van der Waals surface area (Å²) >= 11 is 9.13. The summed E-state index contributed by atoms with van der Waals surface area (Å²) in [7, 11) is 0. The minimum Gasteiger partial charge on any atom is -0.476 e. The number of aromatic carboxylic acids is 1. The summed E-state index contributed by atoms with van der Waals surface area (Å²) < 4.78 is 0. The highest BCUT2D eigenvalue weighted by atomic mass is 32.1. The molecule has 0 bridgehead atoms. The van der Waals surface area contributed by atoms with Crippen LogP contribution in [0.25, 0.3) is 30.0 Å². The molecule has 2 N–H and O–H groups in total. The molecule has 0 saturated carbocycles. The first kappa shape index (κ1) is 49.9. The van der Waals surface area contributed by atoms with E-state index in [4.69, 9.17) is 0 Å². The van der Waals surface area contributed by atoms with Crippen molar-refractivity contribution in [2.24, 2.45) is 11.8 Å². The summed E-state index contributed by atoms with van der Waals surface area (Å²) in [6.45, 7) is 10.7. The van der Waals surface area contributed by atoms with Gasteiger partial charge in [-0.25, -0.2) is 34.7 Å². The molecule has 9 aromatic rings. The zero-order chi connectivity index (χ0) is 48.0. The number of hydrogen-bond donors (Lipinski definition) is 2. The van der Waals surface area contributed by atoms with E-state index in [0.717, 1.165) is 70.2 Å². The molecule has 0 fully saturated rings. The molecule has 0 aliphatic carbocycles. The number of hydrogen-bond acceptors (Lipinski definition) is 15. The number of nitrogens with zero attached hydrogens (tertiary/aromatic N) is 6. The second kappa shape index (κ2) is 24.4. The van der Waals surface area contributed by atoms with Crippen LogP contribution in [0, 0.1) is 18.8 Å². The van der Waals surface area contributed by atoms with Crippen LogP contribution < -0.4 is 5.32 Å². The first-order valence-corrected chi connectivity index (χ1v) is 26.9. The van der Waals surface area contributed by atoms with Crippen LogP contribution in [0.15, 0.2) is 120 Å². The van der Waals surface area contributed by atoms with E-state index in [1.54, 1.807) is 52.6 Å². The molecule has 68 heavy (non-hydrogen) atoms. The number of amides is 1. The van der Waals surface area contributed by atoms with Crippen LogP contribution in [0.5, 0.6) is 0 Å². The lowest BCUT2D eigenvalue weighted by Gasteiger charge is -2.06. The second-order valence-electron chi connectivity index (χ2n) is 16.3. The number of Topliss-reactive ketones (excluding diaryl/α,β-unsaturated/α-hetero) is 1. The minimum atomic E-state index is -0.991. The van der Waals surface area contributed by atoms with Crippen LogP contribution in [0.4, 0.5) is 5.69 Å². The summed E-state index contributed by atoms with van der Waals surface area (Å²) in [5, 5.41) is 22.8. The molecular formula is C51H49N7O4S6. The minimum absolute atomic E-state index is 0.129. The van der Waals surface area contributed by atoms with Crippen LogP contribution in [0.2, 0.25) is 0 Å². The van der Waals surface area contributed by atoms with E-state index >= 15 is 0 Å². The van der Waals surface area contributed by atoms with Crippen LogP contribution in [-0.2, 0) is 25.7 Å². The number of para-hydroxylation sites is 1. The van der Waals surface area contributed by atoms with E-state index in [1.165, 1.54) is 45.1 Å². The Kier molecular flexibility index (Phi) is 17.9. The van der Waals surface area contributed by atoms with Crippen LogP contribution in [0.3, 0.4) is 0 Å². The van der Waals surface area contributed by atoms with Crippen molar-refractivity contribution in [1.82, 2.24) is 29.9 Å². The quantitative estimate of drug-likeness (QED) is 0.0892. The Bertz CT molecular complexity index is 2980. The smallest absolute Gasteiger partial charge is 0.355 e. The summed E-state index contributed by atoms with van der Waals surface area (Å²) in [5.41, 5.74) is 5.57. The lowest BCUT2D eigenvalue weighted by molar-refractivity contribution is 0.0690. The van der Waals surface area contributed by atoms with Crippen molar-refractivity contribution in [2.75, 3.05) is 5.32 Å². The molecule has 3 aromatic carbocycles. The van der Waals surface area contributed by atoms with Gasteiger partial charge in [-0.1, -0.05) is 106 Å². The molecule has 11 nitrogen and oxygen atoms in total. The predicted octanol–water partition coefficient (Wildman–Crippen LogP) is 13.9. The maximum atomic E-state index is 12.8. The van der Waals surface area contributed by atoms with E-state index in [-0.39, 0.29) is 17.4 Å². The van der Waals surface area contributed by atoms with Gasteiger partial charge < -0.3 is 10.4 Å². The largest absolute Gasteiger partial charge is 0.476 e. The van der Waals surface area contributed by atoms with Crippen molar-refractivity contribution >= 4 is 91.4 Å². The maximum Gasteiger partial charge on any atom is 0.355 e. The number of carboxylic acid groups (broad SMARTS) is 1. The molecule has 1 amide bonds. The average molecular weight is 1020 g/mol. The molecule has 17 heteroatoms. The van der Waals surface area contributed by atoms with E-state index in [2.05, 4.69) is 94.1 Å². The van der Waals surface area contributed by atoms with Crippen molar-refractivity contribution in [3.05, 3.63) is 168 Å². The number of benzene rings is 3. The van der Waals surface area contributed by atoms with Gasteiger partial charge in [-0.3, -0.25) is 9.59 Å². The average Bonchev–Trinajstić information content (AvgIpc) is 4.18. The first-order chi connectivity index (χ1) is 32.9. The normalized spacial score (nSPS) is 10.9. The van der Waals surface area contributed by atoms with Crippen molar-refractivity contribution in [1.29, 1.82) is 0 Å². The Morgan fingerprint density at radius 2 is 1.03 bits per heavy atom. The number of aromatic nitrogens is 6. The summed E-state index contributed by atoms with van der Waals surface area (Å²) in [6, 6.07) is 27.6. The number of nitrogens with one attached hydrogen (secondary N) is 1. The molecular weight excluding hydrogens is 967 g/mol. The highest BCUT2D eigenvalue weighted by Gasteiger charge is 2.23. The predicted molar refractivity (Wildman–Crippen MR) is 281 cm³/mol. The van der Waals surface area contributed by atoms with Gasteiger partial charge in [0.15, 0.2) is 41.5 Å². The number of carbonyl (C=O) groups is 3. The molecule has 6 aromatic heterocycles. The van der Waals surface area contributed by atoms with Gasteiger partial charge in [-0.15, -0.1) is 68.0 Å². The number of carbonyl (C=O) groups excluding carboxylic acids is 2. The highest BCUT2D eigenvalue weighted by molar-refractivity contribution is 7.22. The zero-order valence-corrected chi connectivity index (χ0v) is 42.9. The van der Waals surface area contributed by atoms with E-state index in [9.17, 15) is 19.5 Å². The topological polar surface area (TPSA) is 161 Å². The third kappa shape index (κ3) is 14.1. The fourth-order valence-corrected chi connectivity index (χ4v) is 12.3. The molecule has 0 atom stereocenters. The van der Waals surface area contributed by atoms with Gasteiger partial charge in [0.1, 0.15) is 11.4 Å². The molecule has 0 aliphatic rings. The highest BCUT2D eigenvalue weighted by Crippen LogP contribution is 2.34. The van der Waals surface area contributed by atoms with Gasteiger partial charge in [0.05, 0.1) is 0 Å². The molecule has 9 rings (SSSR count). The second-order valence-corrected chi connectivity index (χ2v) is 22.2. The van der Waals surface area contributed by atoms with Gasteiger partial charge in [0.2, 0.25) is 0 Å². The Morgan fingerprint density at radius 3 is 1.51 bits per heavy atom. The lowest BCUT2D eigenvalue weighted by atomic mass is 10.0. The number of carboxylic acids is 1. The molecule has 0 spiro atoms. The Labute approximate surface area is 419 Å². The van der Waals surface area contributed by atoms with Gasteiger partial charge in [0.25, 0.3) is 5.91 Å². The first-order valence-electron chi connectivity index (χ1n) is 21.8. The zero-order valence-electron chi connectivity index (χ0n) is 38.0. The number of aryl methyl sites for hydroxylation is 2. The third-order valence-corrected chi connectivity index (χ3v) is 15.8. The molecule has 348 valence electrons. The third-order valence-electron chi connectivity index (χ3n) is 9.81. The molecule has 0 aliphatic heterocycles. The van der Waals surface area contributed by atoms with Gasteiger partial charge in [-0.2, -0.15) is 0 Å². The van der Waals surface area contributed by atoms with E-state index in [0.29, 0.717) is 41.1 Å².